The van der Waals surface area contributed by atoms with Gasteiger partial charge in [0, 0.05) is 6.42 Å². The Balaban J connectivity index is 1.56. The SMILES string of the molecule is Cc1ccc(S(=O)(=O)N[C@@H](CC(=O)N2C(=O)OC[C@@H]2Cc2ccccc2)c2ccccc2)cc1. The van der Waals surface area contributed by atoms with Crippen molar-refractivity contribution in [3.8, 4) is 0 Å². The topological polar surface area (TPSA) is 92.8 Å². The molecule has 1 N–H and O–H groups in total. The molecular weight excluding hydrogens is 452 g/mol. The molecule has 0 radical (unpaired) electrons. The normalized spacial score (nSPS) is 16.8. The number of nitrogens with zero attached hydrogens (tertiary/aromatic N) is 1. The van der Waals surface area contributed by atoms with Gasteiger partial charge in [0.05, 0.1) is 17.0 Å². The van der Waals surface area contributed by atoms with Crippen molar-refractivity contribution in [2.45, 2.75) is 36.7 Å². The largest absolute Gasteiger partial charge is 0.447 e. The zero-order chi connectivity index (χ0) is 24.1. The maximum atomic E-state index is 13.3. The Kier molecular flexibility index (Phi) is 7.09. The highest BCUT2D eigenvalue weighted by Crippen LogP contribution is 2.25. The zero-order valence-corrected chi connectivity index (χ0v) is 19.6. The Labute approximate surface area is 199 Å². The van der Waals surface area contributed by atoms with Crippen LogP contribution in [-0.4, -0.2) is 38.0 Å². The Morgan fingerprint density at radius 3 is 2.26 bits per heavy atom. The summed E-state index contributed by atoms with van der Waals surface area (Å²) in [5, 5.41) is 0. The van der Waals surface area contributed by atoms with Gasteiger partial charge in [-0.05, 0) is 36.6 Å². The number of rotatable bonds is 8. The molecule has 176 valence electrons. The fourth-order valence-corrected chi connectivity index (χ4v) is 5.19. The number of hydrogen-bond acceptors (Lipinski definition) is 5. The smallest absolute Gasteiger partial charge is 0.416 e. The molecule has 8 heteroatoms. The van der Waals surface area contributed by atoms with Crippen molar-refractivity contribution in [1.82, 2.24) is 9.62 Å². The second kappa shape index (κ2) is 10.2. The molecule has 3 aromatic carbocycles. The monoisotopic (exact) mass is 478 g/mol. The number of imide groups is 1. The van der Waals surface area contributed by atoms with Gasteiger partial charge in [0.15, 0.2) is 0 Å². The molecule has 0 unspecified atom stereocenters. The number of hydrogen-bond donors (Lipinski definition) is 1. The van der Waals surface area contributed by atoms with E-state index in [0.29, 0.717) is 12.0 Å². The maximum absolute atomic E-state index is 13.3. The van der Waals surface area contributed by atoms with Gasteiger partial charge in [0.2, 0.25) is 15.9 Å². The van der Waals surface area contributed by atoms with Crippen LogP contribution in [-0.2, 0) is 26.0 Å². The highest BCUT2D eigenvalue weighted by atomic mass is 32.2. The molecule has 4 rings (SSSR count). The minimum atomic E-state index is -3.91. The van der Waals surface area contributed by atoms with Crippen molar-refractivity contribution in [2.24, 2.45) is 0 Å². The molecule has 34 heavy (non-hydrogen) atoms. The highest BCUT2D eigenvalue weighted by molar-refractivity contribution is 7.89. The first-order valence-corrected chi connectivity index (χ1v) is 12.5. The average Bonchev–Trinajstić information content (AvgIpc) is 3.20. The minimum absolute atomic E-state index is 0.102. The Bertz CT molecular complexity index is 1250. The summed E-state index contributed by atoms with van der Waals surface area (Å²) in [5.74, 6) is -0.496. The van der Waals surface area contributed by atoms with Crippen LogP contribution in [0.5, 0.6) is 0 Å². The number of ether oxygens (including phenoxy) is 1. The standard InChI is InChI=1S/C26H26N2O5S/c1-19-12-14-23(15-13-19)34(31,32)27-24(21-10-6-3-7-11-21)17-25(29)28-22(18-33-26(28)30)16-20-8-4-2-5-9-20/h2-15,22,24,27H,16-18H2,1H3/t22-,24-/m0/s1. The van der Waals surface area contributed by atoms with Crippen molar-refractivity contribution < 1.29 is 22.7 Å². The molecular formula is C26H26N2O5S. The molecule has 7 nitrogen and oxygen atoms in total. The van der Waals surface area contributed by atoms with Crippen molar-refractivity contribution >= 4 is 22.0 Å². The third-order valence-corrected chi connectivity index (χ3v) is 7.24. The van der Waals surface area contributed by atoms with Gasteiger partial charge in [-0.1, -0.05) is 78.4 Å². The van der Waals surface area contributed by atoms with E-state index in [9.17, 15) is 18.0 Å². The first-order chi connectivity index (χ1) is 16.3. The summed E-state index contributed by atoms with van der Waals surface area (Å²) in [4.78, 5) is 26.9. The minimum Gasteiger partial charge on any atom is -0.447 e. The van der Waals surface area contributed by atoms with E-state index in [1.807, 2.05) is 43.3 Å². The molecule has 1 aliphatic heterocycles. The molecule has 1 saturated heterocycles. The van der Waals surface area contributed by atoms with Crippen LogP contribution in [0, 0.1) is 6.92 Å². The van der Waals surface area contributed by atoms with Crippen molar-refractivity contribution in [2.75, 3.05) is 6.61 Å². The molecule has 2 amide bonds. The maximum Gasteiger partial charge on any atom is 0.416 e. The highest BCUT2D eigenvalue weighted by Gasteiger charge is 2.39. The third-order valence-electron chi connectivity index (χ3n) is 5.75. The molecule has 0 spiro atoms. The molecule has 2 atom stereocenters. The van der Waals surface area contributed by atoms with E-state index in [1.54, 1.807) is 36.4 Å². The summed E-state index contributed by atoms with van der Waals surface area (Å²) >= 11 is 0. The van der Waals surface area contributed by atoms with Crippen LogP contribution in [0.1, 0.15) is 29.2 Å². The summed E-state index contributed by atoms with van der Waals surface area (Å²) in [6.45, 7) is 1.97. The lowest BCUT2D eigenvalue weighted by atomic mass is 10.0. The summed E-state index contributed by atoms with van der Waals surface area (Å²) in [6.07, 6.45) is -0.474. The van der Waals surface area contributed by atoms with E-state index in [-0.39, 0.29) is 17.9 Å². The van der Waals surface area contributed by atoms with Crippen LogP contribution >= 0.6 is 0 Å². The number of benzene rings is 3. The van der Waals surface area contributed by atoms with Gasteiger partial charge in [-0.2, -0.15) is 0 Å². The van der Waals surface area contributed by atoms with Gasteiger partial charge in [-0.15, -0.1) is 0 Å². The predicted molar refractivity (Wildman–Crippen MR) is 127 cm³/mol. The van der Waals surface area contributed by atoms with Crippen molar-refractivity contribution in [3.05, 3.63) is 102 Å². The van der Waals surface area contributed by atoms with E-state index < -0.39 is 34.1 Å². The first kappa shape index (κ1) is 23.7. The molecule has 0 aliphatic carbocycles. The quantitative estimate of drug-likeness (QED) is 0.528. The van der Waals surface area contributed by atoms with E-state index in [2.05, 4.69) is 4.72 Å². The lowest BCUT2D eigenvalue weighted by Crippen LogP contribution is -2.42. The lowest BCUT2D eigenvalue weighted by molar-refractivity contribution is -0.129. The average molecular weight is 479 g/mol. The van der Waals surface area contributed by atoms with Crippen molar-refractivity contribution in [3.63, 3.8) is 0 Å². The van der Waals surface area contributed by atoms with Gasteiger partial charge >= 0.3 is 6.09 Å². The summed E-state index contributed by atoms with van der Waals surface area (Å²) in [6, 6.07) is 23.6. The number of carbonyl (C=O) groups excluding carboxylic acids is 2. The number of nitrogens with one attached hydrogen (secondary N) is 1. The van der Waals surface area contributed by atoms with E-state index in [1.165, 1.54) is 12.1 Å². The van der Waals surface area contributed by atoms with E-state index in [4.69, 9.17) is 4.74 Å². The van der Waals surface area contributed by atoms with E-state index >= 15 is 0 Å². The van der Waals surface area contributed by atoms with Gasteiger partial charge in [0.25, 0.3) is 0 Å². The van der Waals surface area contributed by atoms with Crippen LogP contribution in [0.15, 0.2) is 89.8 Å². The van der Waals surface area contributed by atoms with Gasteiger partial charge in [-0.3, -0.25) is 4.79 Å². The van der Waals surface area contributed by atoms with E-state index in [0.717, 1.165) is 16.0 Å². The van der Waals surface area contributed by atoms with Gasteiger partial charge < -0.3 is 4.74 Å². The zero-order valence-electron chi connectivity index (χ0n) is 18.8. The fourth-order valence-electron chi connectivity index (χ4n) is 3.96. The van der Waals surface area contributed by atoms with Crippen LogP contribution in [0.4, 0.5) is 4.79 Å². The third kappa shape index (κ3) is 5.52. The molecule has 1 fully saturated rings. The lowest BCUT2D eigenvalue weighted by Gasteiger charge is -2.24. The Morgan fingerprint density at radius 2 is 1.62 bits per heavy atom. The van der Waals surface area contributed by atoms with Gasteiger partial charge in [0.1, 0.15) is 6.61 Å². The summed E-state index contributed by atoms with van der Waals surface area (Å²) in [5.41, 5.74) is 2.53. The predicted octanol–water partition coefficient (Wildman–Crippen LogP) is 3.99. The Morgan fingerprint density at radius 1 is 1.00 bits per heavy atom. The number of sulfonamides is 1. The Hall–Kier alpha value is -3.49. The second-order valence-corrected chi connectivity index (χ2v) is 10.00. The number of aryl methyl sites for hydroxylation is 1. The molecule has 0 bridgehead atoms. The van der Waals surface area contributed by atoms with Crippen LogP contribution in [0.25, 0.3) is 0 Å². The molecule has 0 saturated carbocycles. The van der Waals surface area contributed by atoms with Crippen molar-refractivity contribution in [1.29, 1.82) is 0 Å². The number of amides is 2. The molecule has 0 aromatic heterocycles. The molecule has 1 aliphatic rings. The van der Waals surface area contributed by atoms with Crippen LogP contribution in [0.2, 0.25) is 0 Å². The van der Waals surface area contributed by atoms with Crippen LogP contribution in [0.3, 0.4) is 0 Å². The number of carbonyl (C=O) groups is 2. The summed E-state index contributed by atoms with van der Waals surface area (Å²) in [7, 11) is -3.91. The molecule has 1 heterocycles. The van der Waals surface area contributed by atoms with Gasteiger partial charge in [-0.25, -0.2) is 22.8 Å². The fraction of sp³-hybridized carbons (Fsp3) is 0.231. The molecule has 3 aromatic rings. The number of cyclic esters (lactones) is 1. The summed E-state index contributed by atoms with van der Waals surface area (Å²) < 4.78 is 34.0. The second-order valence-electron chi connectivity index (χ2n) is 8.29. The first-order valence-electron chi connectivity index (χ1n) is 11.0. The van der Waals surface area contributed by atoms with Crippen LogP contribution < -0.4 is 4.72 Å².